The molecule has 2 aromatic rings. The molecule has 0 radical (unpaired) electrons. The summed E-state index contributed by atoms with van der Waals surface area (Å²) in [6.45, 7) is 1.17. The van der Waals surface area contributed by atoms with Crippen molar-refractivity contribution in [1.29, 1.82) is 0 Å². The van der Waals surface area contributed by atoms with Crippen LogP contribution in [-0.2, 0) is 9.59 Å². The summed E-state index contributed by atoms with van der Waals surface area (Å²) < 4.78 is 11.0. The number of thioether (sulfide) groups is 1. The molecule has 8 nitrogen and oxygen atoms in total. The zero-order valence-corrected chi connectivity index (χ0v) is 17.4. The number of fused-ring (bicyclic) bond motifs is 4. The molecule has 1 saturated heterocycles. The molecule has 3 aliphatic rings. The number of nitrogens with one attached hydrogen (secondary N) is 2. The van der Waals surface area contributed by atoms with Crippen molar-refractivity contribution in [2.45, 2.75) is 17.8 Å². The van der Waals surface area contributed by atoms with Gasteiger partial charge >= 0.3 is 0 Å². The highest BCUT2D eigenvalue weighted by Gasteiger charge is 2.48. The Morgan fingerprint density at radius 2 is 1.90 bits per heavy atom. The van der Waals surface area contributed by atoms with Crippen molar-refractivity contribution in [3.05, 3.63) is 53.6 Å². The van der Waals surface area contributed by atoms with Crippen molar-refractivity contribution < 1.29 is 23.9 Å². The minimum absolute atomic E-state index is 0.109. The van der Waals surface area contributed by atoms with Crippen molar-refractivity contribution in [2.75, 3.05) is 30.8 Å². The van der Waals surface area contributed by atoms with Gasteiger partial charge in [-0.25, -0.2) is 0 Å². The summed E-state index contributed by atoms with van der Waals surface area (Å²) in [5, 5.41) is 5.48. The van der Waals surface area contributed by atoms with E-state index < -0.39 is 6.04 Å². The Kier molecular flexibility index (Phi) is 5.19. The summed E-state index contributed by atoms with van der Waals surface area (Å²) in [6.07, 6.45) is 0.123. The van der Waals surface area contributed by atoms with Gasteiger partial charge in [0.05, 0.1) is 0 Å². The summed E-state index contributed by atoms with van der Waals surface area (Å²) in [5.74, 6) is 1.23. The lowest BCUT2D eigenvalue weighted by Gasteiger charge is -2.22. The lowest BCUT2D eigenvalue weighted by Crippen LogP contribution is -2.46. The maximum atomic E-state index is 12.7. The molecule has 3 heterocycles. The van der Waals surface area contributed by atoms with Crippen molar-refractivity contribution in [3.8, 4) is 11.5 Å². The van der Waals surface area contributed by atoms with Crippen molar-refractivity contribution >= 4 is 35.2 Å². The van der Waals surface area contributed by atoms with E-state index in [2.05, 4.69) is 10.6 Å². The van der Waals surface area contributed by atoms with Crippen LogP contribution in [0.5, 0.6) is 11.5 Å². The predicted molar refractivity (Wildman–Crippen MR) is 115 cm³/mol. The highest BCUT2D eigenvalue weighted by molar-refractivity contribution is 7.99. The molecule has 31 heavy (non-hydrogen) atoms. The molecule has 9 heteroatoms. The number of hydrogen-bond acceptors (Lipinski definition) is 6. The first kappa shape index (κ1) is 19.7. The van der Waals surface area contributed by atoms with E-state index in [1.807, 2.05) is 18.2 Å². The third-order valence-corrected chi connectivity index (χ3v) is 6.78. The smallest absolute Gasteiger partial charge is 0.256 e. The highest BCUT2D eigenvalue weighted by atomic mass is 32.2. The second-order valence-electron chi connectivity index (χ2n) is 7.45. The number of anilines is 1. The Morgan fingerprint density at radius 3 is 2.77 bits per heavy atom. The van der Waals surface area contributed by atoms with Gasteiger partial charge in [-0.15, -0.1) is 11.8 Å². The Morgan fingerprint density at radius 1 is 1.10 bits per heavy atom. The Labute approximate surface area is 183 Å². The molecule has 2 aromatic carbocycles. The van der Waals surface area contributed by atoms with Crippen LogP contribution < -0.4 is 20.1 Å². The van der Waals surface area contributed by atoms with Gasteiger partial charge in [0.15, 0.2) is 11.5 Å². The molecule has 160 valence electrons. The first-order chi connectivity index (χ1) is 15.1. The second-order valence-corrected chi connectivity index (χ2v) is 8.56. The van der Waals surface area contributed by atoms with Gasteiger partial charge in [0, 0.05) is 36.0 Å². The van der Waals surface area contributed by atoms with Crippen LogP contribution in [0.15, 0.2) is 42.5 Å². The van der Waals surface area contributed by atoms with Gasteiger partial charge in [0.25, 0.3) is 5.91 Å². The third-order valence-electron chi connectivity index (χ3n) is 5.47. The number of carbonyl (C=O) groups is 3. The topological polar surface area (TPSA) is 97.0 Å². The molecule has 0 unspecified atom stereocenters. The van der Waals surface area contributed by atoms with Crippen LogP contribution in [-0.4, -0.2) is 54.2 Å². The summed E-state index contributed by atoms with van der Waals surface area (Å²) in [5.41, 5.74) is 2.24. The normalized spacial score (nSPS) is 20.8. The Bertz CT molecular complexity index is 1060. The lowest BCUT2D eigenvalue weighted by molar-refractivity contribution is -0.124. The molecule has 1 fully saturated rings. The molecule has 0 aliphatic carbocycles. The predicted octanol–water partition coefficient (Wildman–Crippen LogP) is 2.17. The highest BCUT2D eigenvalue weighted by Crippen LogP contribution is 2.48. The van der Waals surface area contributed by atoms with E-state index in [9.17, 15) is 14.4 Å². The van der Waals surface area contributed by atoms with E-state index in [0.29, 0.717) is 41.7 Å². The molecule has 3 aliphatic heterocycles. The number of carbonyl (C=O) groups excluding carboxylic acids is 3. The lowest BCUT2D eigenvalue weighted by atomic mass is 10.1. The molecule has 0 saturated carbocycles. The van der Waals surface area contributed by atoms with Crippen LogP contribution in [0.4, 0.5) is 5.69 Å². The number of benzene rings is 2. The Balaban J connectivity index is 1.13. The van der Waals surface area contributed by atoms with Gasteiger partial charge in [-0.1, -0.05) is 18.2 Å². The summed E-state index contributed by atoms with van der Waals surface area (Å²) in [7, 11) is 0. The van der Waals surface area contributed by atoms with Gasteiger partial charge < -0.3 is 25.0 Å². The summed E-state index contributed by atoms with van der Waals surface area (Å²) >= 11 is 1.59. The monoisotopic (exact) mass is 439 g/mol. The van der Waals surface area contributed by atoms with Crippen molar-refractivity contribution in [1.82, 2.24) is 10.2 Å². The van der Waals surface area contributed by atoms with E-state index >= 15 is 0 Å². The fourth-order valence-electron chi connectivity index (χ4n) is 4.00. The maximum absolute atomic E-state index is 12.7. The quantitative estimate of drug-likeness (QED) is 0.741. The second kappa shape index (κ2) is 8.14. The summed E-state index contributed by atoms with van der Waals surface area (Å²) in [6, 6.07) is 12.2. The molecule has 3 amide bonds. The number of nitrogens with zero attached hydrogens (tertiary/aromatic N) is 1. The van der Waals surface area contributed by atoms with Crippen LogP contribution in [0.2, 0.25) is 0 Å². The van der Waals surface area contributed by atoms with Gasteiger partial charge in [0.2, 0.25) is 11.8 Å². The van der Waals surface area contributed by atoms with Gasteiger partial charge in [-0.05, 0) is 23.8 Å². The zero-order valence-electron chi connectivity index (χ0n) is 16.6. The molecule has 5 rings (SSSR count). The van der Waals surface area contributed by atoms with Crippen molar-refractivity contribution in [2.24, 2.45) is 0 Å². The van der Waals surface area contributed by atoms with E-state index in [0.717, 1.165) is 5.56 Å². The van der Waals surface area contributed by atoms with Gasteiger partial charge in [-0.3, -0.25) is 14.4 Å². The number of rotatable bonds is 5. The van der Waals surface area contributed by atoms with Crippen LogP contribution in [0, 0.1) is 0 Å². The fourth-order valence-corrected chi connectivity index (χ4v) is 5.47. The first-order valence-corrected chi connectivity index (χ1v) is 11.2. The largest absolute Gasteiger partial charge is 0.486 e. The van der Waals surface area contributed by atoms with Crippen LogP contribution in [0.3, 0.4) is 0 Å². The minimum atomic E-state index is -0.532. The minimum Gasteiger partial charge on any atom is -0.486 e. The van der Waals surface area contributed by atoms with Gasteiger partial charge in [-0.2, -0.15) is 0 Å². The molecule has 0 aromatic heterocycles. The first-order valence-electron chi connectivity index (χ1n) is 10.1. The number of hydrogen-bond donors (Lipinski definition) is 2. The zero-order chi connectivity index (χ0) is 21.4. The number of ether oxygens (including phenoxy) is 2. The molecule has 0 spiro atoms. The van der Waals surface area contributed by atoms with Crippen LogP contribution >= 0.6 is 11.8 Å². The van der Waals surface area contributed by atoms with Crippen LogP contribution in [0.25, 0.3) is 0 Å². The fraction of sp³-hybridized carbons (Fsp3) is 0.318. The molecular formula is C22H21N3O5S. The molecular weight excluding hydrogens is 418 g/mol. The Hall–Kier alpha value is -3.20. The molecule has 2 N–H and O–H groups in total. The van der Waals surface area contributed by atoms with Gasteiger partial charge in [0.1, 0.15) is 24.6 Å². The number of amides is 3. The van der Waals surface area contributed by atoms with E-state index in [1.54, 1.807) is 40.9 Å². The van der Waals surface area contributed by atoms with E-state index in [4.69, 9.17) is 9.47 Å². The maximum Gasteiger partial charge on any atom is 0.256 e. The average Bonchev–Trinajstić information content (AvgIpc) is 3.34. The molecule has 2 atom stereocenters. The SMILES string of the molecule is O=C(CCNC(=O)[C@H]1CS[C@H]2c3ccccc3C(=O)N12)Nc1ccc2c(c1)OCCO2. The average molecular weight is 439 g/mol. The molecule has 0 bridgehead atoms. The van der Waals surface area contributed by atoms with Crippen molar-refractivity contribution in [3.63, 3.8) is 0 Å². The van der Waals surface area contributed by atoms with Crippen LogP contribution in [0.1, 0.15) is 27.7 Å². The third kappa shape index (κ3) is 3.69. The standard InChI is InChI=1S/C22H21N3O5S/c26-19(24-13-5-6-17-18(11-13)30-10-9-29-17)7-8-23-20(27)16-12-31-22-15-4-2-1-3-14(15)21(28)25(16)22/h1-6,11,16,22H,7-10,12H2,(H,23,27)(H,24,26)/t16-,22+/m1/s1. The van der Waals surface area contributed by atoms with E-state index in [-0.39, 0.29) is 36.1 Å². The summed E-state index contributed by atoms with van der Waals surface area (Å²) in [4.78, 5) is 39.4. The van der Waals surface area contributed by atoms with E-state index in [1.165, 1.54) is 0 Å².